The van der Waals surface area contributed by atoms with Crippen LogP contribution in [0.5, 0.6) is 11.5 Å². The van der Waals surface area contributed by atoms with Crippen LogP contribution in [0.3, 0.4) is 0 Å². The largest absolute Gasteiger partial charge is 0.497 e. The van der Waals surface area contributed by atoms with Crippen LogP contribution in [0.2, 0.25) is 0 Å². The molecule has 0 radical (unpaired) electrons. The zero-order valence-electron chi connectivity index (χ0n) is 20.4. The van der Waals surface area contributed by atoms with E-state index in [0.717, 1.165) is 30.5 Å². The summed E-state index contributed by atoms with van der Waals surface area (Å²) in [7, 11) is 7.24. The summed E-state index contributed by atoms with van der Waals surface area (Å²) in [6, 6.07) is 22.1. The molecule has 1 atom stereocenters. The van der Waals surface area contributed by atoms with Crippen molar-refractivity contribution in [2.24, 2.45) is 0 Å². The Morgan fingerprint density at radius 3 is 2.47 bits per heavy atom. The third-order valence-electron chi connectivity index (χ3n) is 6.43. The van der Waals surface area contributed by atoms with Crippen LogP contribution in [0.1, 0.15) is 35.6 Å². The van der Waals surface area contributed by atoms with E-state index in [-0.39, 0.29) is 12.1 Å². The zero-order chi connectivity index (χ0) is 24.1. The maximum Gasteiger partial charge on any atom is 0.322 e. The lowest BCUT2D eigenvalue weighted by Crippen LogP contribution is -2.39. The lowest BCUT2D eigenvalue weighted by Gasteiger charge is -2.36. The fourth-order valence-electron chi connectivity index (χ4n) is 4.56. The maximum atomic E-state index is 13.7. The molecule has 0 aliphatic heterocycles. The van der Waals surface area contributed by atoms with E-state index in [0.29, 0.717) is 23.7 Å². The van der Waals surface area contributed by atoms with Gasteiger partial charge in [-0.3, -0.25) is 0 Å². The average molecular weight is 460 g/mol. The first-order valence-electron chi connectivity index (χ1n) is 11.6. The molecule has 0 bridgehead atoms. The first kappa shape index (κ1) is 23.5. The molecule has 6 nitrogen and oxygen atoms in total. The van der Waals surface area contributed by atoms with Crippen molar-refractivity contribution in [3.63, 3.8) is 0 Å². The summed E-state index contributed by atoms with van der Waals surface area (Å²) in [5.74, 6) is 1.24. The molecule has 2 amide bonds. The molecule has 3 aromatic rings. The number of urea groups is 1. The number of methoxy groups -OCH3 is 2. The van der Waals surface area contributed by atoms with Gasteiger partial charge in [-0.25, -0.2) is 4.79 Å². The van der Waals surface area contributed by atoms with Crippen LogP contribution >= 0.6 is 0 Å². The van der Waals surface area contributed by atoms with Crippen molar-refractivity contribution in [2.45, 2.75) is 31.8 Å². The molecule has 1 N–H and O–H groups in total. The molecule has 0 heterocycles. The number of nitrogens with one attached hydrogen (secondary N) is 1. The predicted molar refractivity (Wildman–Crippen MR) is 137 cm³/mol. The molecule has 4 rings (SSSR count). The Morgan fingerprint density at radius 2 is 1.76 bits per heavy atom. The second-order valence-electron chi connectivity index (χ2n) is 8.79. The van der Waals surface area contributed by atoms with Crippen molar-refractivity contribution in [2.75, 3.05) is 38.5 Å². The normalized spacial score (nSPS) is 14.6. The minimum atomic E-state index is -0.151. The summed E-state index contributed by atoms with van der Waals surface area (Å²) in [5, 5.41) is 3.09. The van der Waals surface area contributed by atoms with Crippen molar-refractivity contribution in [1.82, 2.24) is 4.90 Å². The molecule has 0 spiro atoms. The van der Waals surface area contributed by atoms with Gasteiger partial charge in [-0.05, 0) is 60.2 Å². The molecule has 0 saturated heterocycles. The van der Waals surface area contributed by atoms with E-state index < -0.39 is 0 Å². The van der Waals surface area contributed by atoms with Gasteiger partial charge in [-0.1, -0.05) is 36.4 Å². The standard InChI is InChI=1S/C28H33N3O3/c1-30(2)22-14-12-20(13-15-22)19-31(26-11-7-9-21-8-5-6-10-24(21)26)28(32)29-25-17-16-23(33-3)18-27(25)34-4/h5-6,8,10,12-18,26H,7,9,11,19H2,1-4H3,(H,29,32). The number of fused-ring (bicyclic) bond motifs is 1. The van der Waals surface area contributed by atoms with Crippen LogP contribution in [-0.2, 0) is 13.0 Å². The van der Waals surface area contributed by atoms with Crippen molar-refractivity contribution >= 4 is 17.4 Å². The fraction of sp³-hybridized carbons (Fsp3) is 0.321. The maximum absolute atomic E-state index is 13.7. The summed E-state index contributed by atoms with van der Waals surface area (Å²) in [6.45, 7) is 0.511. The average Bonchev–Trinajstić information content (AvgIpc) is 2.87. The highest BCUT2D eigenvalue weighted by atomic mass is 16.5. The third-order valence-corrected chi connectivity index (χ3v) is 6.43. The third kappa shape index (κ3) is 5.11. The Balaban J connectivity index is 1.66. The molecule has 1 aliphatic carbocycles. The van der Waals surface area contributed by atoms with Gasteiger partial charge in [0.1, 0.15) is 11.5 Å². The number of rotatable bonds is 7. The van der Waals surface area contributed by atoms with E-state index in [9.17, 15) is 4.79 Å². The SMILES string of the molecule is COc1ccc(NC(=O)N(Cc2ccc(N(C)C)cc2)C2CCCc3ccccc32)c(OC)c1. The highest BCUT2D eigenvalue weighted by molar-refractivity contribution is 5.91. The van der Waals surface area contributed by atoms with E-state index in [4.69, 9.17) is 9.47 Å². The zero-order valence-corrected chi connectivity index (χ0v) is 20.4. The predicted octanol–water partition coefficient (Wildman–Crippen LogP) is 5.88. The summed E-state index contributed by atoms with van der Waals surface area (Å²) >= 11 is 0. The summed E-state index contributed by atoms with van der Waals surface area (Å²) in [6.07, 6.45) is 3.03. The Morgan fingerprint density at radius 1 is 1.00 bits per heavy atom. The van der Waals surface area contributed by atoms with Gasteiger partial charge in [0.25, 0.3) is 0 Å². The van der Waals surface area contributed by atoms with Gasteiger partial charge in [0.2, 0.25) is 0 Å². The van der Waals surface area contributed by atoms with Crippen LogP contribution in [0.4, 0.5) is 16.2 Å². The molecule has 0 aromatic heterocycles. The van der Waals surface area contributed by atoms with Gasteiger partial charge in [0.05, 0.1) is 25.9 Å². The number of aryl methyl sites for hydroxylation is 1. The summed E-state index contributed by atoms with van der Waals surface area (Å²) in [4.78, 5) is 17.8. The molecule has 178 valence electrons. The Bertz CT molecular complexity index is 1130. The van der Waals surface area contributed by atoms with Crippen LogP contribution < -0.4 is 19.7 Å². The monoisotopic (exact) mass is 459 g/mol. The van der Waals surface area contributed by atoms with E-state index >= 15 is 0 Å². The second kappa shape index (κ2) is 10.5. The van der Waals surface area contributed by atoms with E-state index in [2.05, 4.69) is 58.7 Å². The smallest absolute Gasteiger partial charge is 0.322 e. The molecule has 6 heteroatoms. The van der Waals surface area contributed by atoms with Crippen LogP contribution in [0, 0.1) is 0 Å². The number of benzene rings is 3. The van der Waals surface area contributed by atoms with E-state index in [1.807, 2.05) is 31.1 Å². The van der Waals surface area contributed by atoms with Gasteiger partial charge in [0, 0.05) is 32.4 Å². The second-order valence-corrected chi connectivity index (χ2v) is 8.79. The quantitative estimate of drug-likeness (QED) is 0.479. The summed E-state index contributed by atoms with van der Waals surface area (Å²) < 4.78 is 10.8. The topological polar surface area (TPSA) is 54.0 Å². The molecule has 0 saturated carbocycles. The van der Waals surface area contributed by atoms with Gasteiger partial charge in [-0.2, -0.15) is 0 Å². The van der Waals surface area contributed by atoms with Gasteiger partial charge < -0.3 is 24.6 Å². The van der Waals surface area contributed by atoms with Crippen LogP contribution in [0.15, 0.2) is 66.7 Å². The van der Waals surface area contributed by atoms with Gasteiger partial charge >= 0.3 is 6.03 Å². The minimum absolute atomic E-state index is 0.00252. The number of nitrogens with zero attached hydrogens (tertiary/aromatic N) is 2. The van der Waals surface area contributed by atoms with Crippen LogP contribution in [-0.4, -0.2) is 39.2 Å². The van der Waals surface area contributed by atoms with Gasteiger partial charge in [-0.15, -0.1) is 0 Å². The van der Waals surface area contributed by atoms with Crippen molar-refractivity contribution in [3.05, 3.63) is 83.4 Å². The van der Waals surface area contributed by atoms with Crippen molar-refractivity contribution in [3.8, 4) is 11.5 Å². The Hall–Kier alpha value is -3.67. The first-order valence-corrected chi connectivity index (χ1v) is 11.6. The lowest BCUT2D eigenvalue weighted by molar-refractivity contribution is 0.175. The molecular formula is C28H33N3O3. The number of hydrogen-bond acceptors (Lipinski definition) is 4. The number of ether oxygens (including phenoxy) is 2. The number of anilines is 2. The van der Waals surface area contributed by atoms with Crippen LogP contribution in [0.25, 0.3) is 0 Å². The molecule has 1 aliphatic rings. The van der Waals surface area contributed by atoms with E-state index in [1.54, 1.807) is 20.3 Å². The number of hydrogen-bond donors (Lipinski definition) is 1. The molecule has 34 heavy (non-hydrogen) atoms. The highest BCUT2D eigenvalue weighted by Gasteiger charge is 2.30. The summed E-state index contributed by atoms with van der Waals surface area (Å²) in [5.41, 5.74) is 5.39. The number of carbonyl (C=O) groups is 1. The fourth-order valence-corrected chi connectivity index (χ4v) is 4.56. The lowest BCUT2D eigenvalue weighted by atomic mass is 9.86. The number of amides is 2. The van der Waals surface area contributed by atoms with Crippen molar-refractivity contribution in [1.29, 1.82) is 0 Å². The molecule has 1 unspecified atom stereocenters. The van der Waals surface area contributed by atoms with Gasteiger partial charge in [0.15, 0.2) is 0 Å². The number of carbonyl (C=O) groups excluding carboxylic acids is 1. The Kier molecular flexibility index (Phi) is 7.26. The highest BCUT2D eigenvalue weighted by Crippen LogP contribution is 2.36. The first-order chi connectivity index (χ1) is 16.5. The Labute approximate surface area is 202 Å². The van der Waals surface area contributed by atoms with Crippen molar-refractivity contribution < 1.29 is 14.3 Å². The van der Waals surface area contributed by atoms with E-state index in [1.165, 1.54) is 11.1 Å². The minimum Gasteiger partial charge on any atom is -0.497 e. The molecule has 0 fully saturated rings. The molecular weight excluding hydrogens is 426 g/mol. The molecule has 3 aromatic carbocycles.